The van der Waals surface area contributed by atoms with Gasteiger partial charge in [-0.2, -0.15) is 0 Å². The Balaban J connectivity index is 3.74. The number of hydrogen-bond donors (Lipinski definition) is 2. The molecule has 0 aliphatic rings. The van der Waals surface area contributed by atoms with Gasteiger partial charge < -0.3 is 10.8 Å². The monoisotopic (exact) mass is 411 g/mol. The molecule has 0 rings (SSSR count). The molecule has 0 heterocycles. The largest absolute Gasteiger partial charge is 0.392 e. The van der Waals surface area contributed by atoms with Crippen molar-refractivity contribution in [2.75, 3.05) is 6.54 Å². The lowest BCUT2D eigenvalue weighted by Crippen LogP contribution is -2.19. The molecule has 0 spiro atoms. The molecule has 0 aliphatic carbocycles. The molecule has 0 amide bonds. The Kier molecular flexibility index (Phi) is 24.1. The number of aliphatic hydroxyl groups is 1. The fourth-order valence-corrected chi connectivity index (χ4v) is 4.50. The molecule has 0 aromatic carbocycles. The predicted molar refractivity (Wildman–Crippen MR) is 131 cm³/mol. The highest BCUT2D eigenvalue weighted by atomic mass is 16.3. The van der Waals surface area contributed by atoms with Crippen molar-refractivity contribution in [1.29, 1.82) is 0 Å². The van der Waals surface area contributed by atoms with Crippen LogP contribution >= 0.6 is 0 Å². The van der Waals surface area contributed by atoms with E-state index in [1.54, 1.807) is 0 Å². The molecule has 29 heavy (non-hydrogen) atoms. The zero-order chi connectivity index (χ0) is 21.4. The van der Waals surface area contributed by atoms with Crippen LogP contribution in [0.1, 0.15) is 155 Å². The van der Waals surface area contributed by atoms with Crippen LogP contribution in [0, 0.1) is 5.92 Å². The molecule has 0 aromatic rings. The van der Waals surface area contributed by atoms with Crippen molar-refractivity contribution in [1.82, 2.24) is 0 Å². The zero-order valence-electron chi connectivity index (χ0n) is 20.4. The summed E-state index contributed by atoms with van der Waals surface area (Å²) in [6.07, 6.45) is 30.2. The second-order valence-electron chi connectivity index (χ2n) is 9.57. The third-order valence-electron chi connectivity index (χ3n) is 6.60. The Morgan fingerprint density at radius 2 is 0.793 bits per heavy atom. The lowest BCUT2D eigenvalue weighted by atomic mass is 9.89. The summed E-state index contributed by atoms with van der Waals surface area (Å²) in [5.74, 6) is 1.00. The first-order chi connectivity index (χ1) is 14.2. The van der Waals surface area contributed by atoms with Gasteiger partial charge in [0.05, 0.1) is 6.10 Å². The van der Waals surface area contributed by atoms with E-state index in [0.29, 0.717) is 6.54 Å². The standard InChI is InChI=1S/C27H57NO/c1-3-5-7-9-14-18-22-26(21-17-13-8-6-4-2)23-19-15-11-10-12-16-20-24-27(29)25-28/h26-27,29H,3-25,28H2,1-2H3. The van der Waals surface area contributed by atoms with Crippen molar-refractivity contribution in [3.8, 4) is 0 Å². The van der Waals surface area contributed by atoms with Gasteiger partial charge in [-0.05, 0) is 12.3 Å². The number of nitrogens with two attached hydrogens (primary N) is 1. The number of hydrogen-bond acceptors (Lipinski definition) is 2. The highest BCUT2D eigenvalue weighted by Crippen LogP contribution is 2.24. The molecule has 3 N–H and O–H groups in total. The first-order valence-corrected chi connectivity index (χ1v) is 13.6. The molecular formula is C27H57NO. The average Bonchev–Trinajstić information content (AvgIpc) is 2.73. The van der Waals surface area contributed by atoms with Crippen LogP contribution in [0.2, 0.25) is 0 Å². The van der Waals surface area contributed by atoms with Crippen LogP contribution in [0.4, 0.5) is 0 Å². The van der Waals surface area contributed by atoms with E-state index in [0.717, 1.165) is 18.8 Å². The van der Waals surface area contributed by atoms with Gasteiger partial charge in [0.1, 0.15) is 0 Å². The summed E-state index contributed by atoms with van der Waals surface area (Å²) in [6.45, 7) is 5.03. The maximum atomic E-state index is 9.48. The molecule has 0 aliphatic heterocycles. The maximum Gasteiger partial charge on any atom is 0.0662 e. The summed E-state index contributed by atoms with van der Waals surface area (Å²) in [7, 11) is 0. The van der Waals surface area contributed by atoms with Gasteiger partial charge in [0.2, 0.25) is 0 Å². The summed E-state index contributed by atoms with van der Waals surface area (Å²) < 4.78 is 0. The van der Waals surface area contributed by atoms with Gasteiger partial charge in [-0.15, -0.1) is 0 Å². The van der Waals surface area contributed by atoms with E-state index >= 15 is 0 Å². The van der Waals surface area contributed by atoms with E-state index in [1.807, 2.05) is 0 Å². The Labute approximate surface area is 184 Å². The first kappa shape index (κ1) is 28.9. The summed E-state index contributed by atoms with van der Waals surface area (Å²) >= 11 is 0. The summed E-state index contributed by atoms with van der Waals surface area (Å²) in [6, 6.07) is 0. The zero-order valence-corrected chi connectivity index (χ0v) is 20.4. The average molecular weight is 412 g/mol. The molecular weight excluding hydrogens is 354 g/mol. The third-order valence-corrected chi connectivity index (χ3v) is 6.60. The number of aliphatic hydroxyl groups excluding tert-OH is 1. The van der Waals surface area contributed by atoms with Gasteiger partial charge in [0, 0.05) is 6.54 Å². The predicted octanol–water partition coefficient (Wildman–Crippen LogP) is 8.54. The third kappa shape index (κ3) is 22.4. The summed E-state index contributed by atoms with van der Waals surface area (Å²) in [5.41, 5.74) is 5.45. The van der Waals surface area contributed by atoms with Gasteiger partial charge in [0.15, 0.2) is 0 Å². The SMILES string of the molecule is CCCCCCCCC(CCCCCCC)CCCCCCCCCC(O)CN. The van der Waals surface area contributed by atoms with Gasteiger partial charge in [-0.25, -0.2) is 0 Å². The summed E-state index contributed by atoms with van der Waals surface area (Å²) in [4.78, 5) is 0. The van der Waals surface area contributed by atoms with E-state index in [-0.39, 0.29) is 6.10 Å². The lowest BCUT2D eigenvalue weighted by Gasteiger charge is -2.17. The quantitative estimate of drug-likeness (QED) is 0.156. The lowest BCUT2D eigenvalue weighted by molar-refractivity contribution is 0.168. The van der Waals surface area contributed by atoms with Crippen molar-refractivity contribution in [2.24, 2.45) is 11.7 Å². The molecule has 176 valence electrons. The molecule has 2 nitrogen and oxygen atoms in total. The topological polar surface area (TPSA) is 46.2 Å². The van der Waals surface area contributed by atoms with Crippen LogP contribution in [0.15, 0.2) is 0 Å². The highest BCUT2D eigenvalue weighted by Gasteiger charge is 2.08. The van der Waals surface area contributed by atoms with Gasteiger partial charge in [0.25, 0.3) is 0 Å². The Morgan fingerprint density at radius 3 is 1.14 bits per heavy atom. The van der Waals surface area contributed by atoms with Gasteiger partial charge in [-0.3, -0.25) is 0 Å². The van der Waals surface area contributed by atoms with E-state index in [2.05, 4.69) is 13.8 Å². The van der Waals surface area contributed by atoms with E-state index in [9.17, 15) is 5.11 Å². The Morgan fingerprint density at radius 1 is 0.483 bits per heavy atom. The minimum absolute atomic E-state index is 0.277. The second-order valence-corrected chi connectivity index (χ2v) is 9.57. The normalized spacial score (nSPS) is 13.7. The van der Waals surface area contributed by atoms with Gasteiger partial charge in [-0.1, -0.05) is 149 Å². The minimum Gasteiger partial charge on any atom is -0.392 e. The Bertz CT molecular complexity index is 294. The molecule has 0 saturated carbocycles. The van der Waals surface area contributed by atoms with E-state index in [4.69, 9.17) is 5.73 Å². The first-order valence-electron chi connectivity index (χ1n) is 13.6. The fraction of sp³-hybridized carbons (Fsp3) is 1.00. The maximum absolute atomic E-state index is 9.48. The molecule has 0 fully saturated rings. The molecule has 0 bridgehead atoms. The fourth-order valence-electron chi connectivity index (χ4n) is 4.50. The number of rotatable bonds is 24. The molecule has 0 radical (unpaired) electrons. The summed E-state index contributed by atoms with van der Waals surface area (Å²) in [5, 5.41) is 9.48. The molecule has 0 saturated heterocycles. The van der Waals surface area contributed by atoms with E-state index < -0.39 is 0 Å². The molecule has 2 unspecified atom stereocenters. The second kappa shape index (κ2) is 24.2. The van der Waals surface area contributed by atoms with Crippen molar-refractivity contribution in [3.63, 3.8) is 0 Å². The van der Waals surface area contributed by atoms with Crippen LogP contribution in [0.25, 0.3) is 0 Å². The van der Waals surface area contributed by atoms with Gasteiger partial charge >= 0.3 is 0 Å². The molecule has 2 heteroatoms. The molecule has 0 aromatic heterocycles. The number of unbranched alkanes of at least 4 members (excludes halogenated alkanes) is 15. The van der Waals surface area contributed by atoms with Crippen molar-refractivity contribution in [3.05, 3.63) is 0 Å². The smallest absolute Gasteiger partial charge is 0.0662 e. The van der Waals surface area contributed by atoms with Crippen LogP contribution < -0.4 is 5.73 Å². The van der Waals surface area contributed by atoms with Crippen LogP contribution in [0.5, 0.6) is 0 Å². The highest BCUT2D eigenvalue weighted by molar-refractivity contribution is 4.62. The van der Waals surface area contributed by atoms with Crippen LogP contribution in [-0.2, 0) is 0 Å². The van der Waals surface area contributed by atoms with Crippen molar-refractivity contribution in [2.45, 2.75) is 161 Å². The van der Waals surface area contributed by atoms with Crippen molar-refractivity contribution < 1.29 is 5.11 Å². The van der Waals surface area contributed by atoms with Crippen LogP contribution in [-0.4, -0.2) is 17.8 Å². The van der Waals surface area contributed by atoms with E-state index in [1.165, 1.54) is 128 Å². The van der Waals surface area contributed by atoms with Crippen molar-refractivity contribution >= 4 is 0 Å². The Hall–Kier alpha value is -0.0800. The molecule has 2 atom stereocenters. The minimum atomic E-state index is -0.277. The van der Waals surface area contributed by atoms with Crippen LogP contribution in [0.3, 0.4) is 0 Å².